The Kier molecular flexibility index (Phi) is 6.22. The van der Waals surface area contributed by atoms with Crippen molar-refractivity contribution in [2.75, 3.05) is 24.5 Å². The number of piperazine rings is 1. The molecule has 0 bridgehead atoms. The number of anilines is 1. The van der Waals surface area contributed by atoms with Gasteiger partial charge < -0.3 is 19.6 Å². The van der Waals surface area contributed by atoms with Crippen LogP contribution in [-0.4, -0.2) is 53.9 Å². The molecule has 26 heavy (non-hydrogen) atoms. The Morgan fingerprint density at radius 1 is 1.38 bits per heavy atom. The van der Waals surface area contributed by atoms with Crippen molar-refractivity contribution >= 4 is 29.2 Å². The van der Waals surface area contributed by atoms with Crippen LogP contribution in [0.2, 0.25) is 5.02 Å². The molecular weight excluding hydrogens is 377 g/mol. The minimum atomic E-state index is -4.87. The number of carbonyl (C=O) groups excluding carboxylic acids is 1. The zero-order valence-electron chi connectivity index (χ0n) is 13.9. The molecule has 10 heteroatoms. The summed E-state index contributed by atoms with van der Waals surface area (Å²) in [5.41, 5.74) is 0.389. The zero-order valence-corrected chi connectivity index (χ0v) is 14.7. The fraction of sp³-hybridized carbons (Fsp3) is 0.500. The lowest BCUT2D eigenvalue weighted by Gasteiger charge is -2.40. The number of halogens is 4. The summed E-state index contributed by atoms with van der Waals surface area (Å²) >= 11 is 5.75. The highest BCUT2D eigenvalue weighted by molar-refractivity contribution is 6.32. The SMILES string of the molecule is CC1C(=O)N(CCCC(=O)O)CCN1c1ccc(Cl)c(OC(F)(F)F)c1. The molecule has 1 fully saturated rings. The van der Waals surface area contributed by atoms with Crippen LogP contribution in [0.5, 0.6) is 5.75 Å². The lowest BCUT2D eigenvalue weighted by Crippen LogP contribution is -2.56. The predicted molar refractivity (Wildman–Crippen MR) is 88.4 cm³/mol. The van der Waals surface area contributed by atoms with Crippen LogP contribution < -0.4 is 9.64 Å². The van der Waals surface area contributed by atoms with Gasteiger partial charge in [-0.1, -0.05) is 11.6 Å². The van der Waals surface area contributed by atoms with Crippen molar-refractivity contribution < 1.29 is 32.6 Å². The van der Waals surface area contributed by atoms with E-state index in [1.165, 1.54) is 12.1 Å². The lowest BCUT2D eigenvalue weighted by atomic mass is 10.1. The first-order chi connectivity index (χ1) is 12.1. The molecule has 2 rings (SSSR count). The van der Waals surface area contributed by atoms with Crippen LogP contribution in [0.15, 0.2) is 18.2 Å². The van der Waals surface area contributed by atoms with Gasteiger partial charge in [0.25, 0.3) is 0 Å². The number of rotatable bonds is 6. The number of alkyl halides is 3. The van der Waals surface area contributed by atoms with Crippen molar-refractivity contribution in [2.24, 2.45) is 0 Å². The number of benzene rings is 1. The van der Waals surface area contributed by atoms with E-state index in [1.54, 1.807) is 16.7 Å². The Labute approximate surface area is 153 Å². The van der Waals surface area contributed by atoms with Gasteiger partial charge in [-0.3, -0.25) is 9.59 Å². The summed E-state index contributed by atoms with van der Waals surface area (Å²) in [5.74, 6) is -1.67. The fourth-order valence-electron chi connectivity index (χ4n) is 2.80. The van der Waals surface area contributed by atoms with Crippen LogP contribution in [0.3, 0.4) is 0 Å². The van der Waals surface area contributed by atoms with Crippen molar-refractivity contribution in [3.8, 4) is 5.75 Å². The minimum Gasteiger partial charge on any atom is -0.481 e. The highest BCUT2D eigenvalue weighted by Crippen LogP contribution is 2.34. The average Bonchev–Trinajstić information content (AvgIpc) is 2.52. The molecule has 6 nitrogen and oxygen atoms in total. The van der Waals surface area contributed by atoms with Gasteiger partial charge in [0.1, 0.15) is 11.8 Å². The first-order valence-corrected chi connectivity index (χ1v) is 8.29. The first-order valence-electron chi connectivity index (χ1n) is 7.91. The summed E-state index contributed by atoms with van der Waals surface area (Å²) in [6.07, 6.45) is -4.55. The van der Waals surface area contributed by atoms with Crippen molar-refractivity contribution in [1.82, 2.24) is 4.90 Å². The smallest absolute Gasteiger partial charge is 0.481 e. The normalized spacial score (nSPS) is 18.2. The number of ether oxygens (including phenoxy) is 1. The predicted octanol–water partition coefficient (Wildman–Crippen LogP) is 3.14. The van der Waals surface area contributed by atoms with Crippen molar-refractivity contribution in [3.63, 3.8) is 0 Å². The molecule has 1 aliphatic heterocycles. The molecule has 1 amide bonds. The number of amides is 1. The van der Waals surface area contributed by atoms with Crippen molar-refractivity contribution in [3.05, 3.63) is 23.2 Å². The van der Waals surface area contributed by atoms with Crippen LogP contribution in [0.25, 0.3) is 0 Å². The van der Waals surface area contributed by atoms with Gasteiger partial charge in [0.15, 0.2) is 0 Å². The summed E-state index contributed by atoms with van der Waals surface area (Å²) in [4.78, 5) is 26.3. The van der Waals surface area contributed by atoms with Gasteiger partial charge >= 0.3 is 12.3 Å². The molecule has 1 aliphatic rings. The Morgan fingerprint density at radius 3 is 2.69 bits per heavy atom. The number of carboxylic acid groups (broad SMARTS) is 1. The second-order valence-electron chi connectivity index (χ2n) is 5.85. The topological polar surface area (TPSA) is 70.1 Å². The monoisotopic (exact) mass is 394 g/mol. The third-order valence-corrected chi connectivity index (χ3v) is 4.35. The summed E-state index contributed by atoms with van der Waals surface area (Å²) < 4.78 is 41.3. The molecule has 0 aromatic heterocycles. The van der Waals surface area contributed by atoms with Crippen LogP contribution in [0, 0.1) is 0 Å². The molecule has 0 saturated carbocycles. The Balaban J connectivity index is 2.10. The number of hydrogen-bond acceptors (Lipinski definition) is 4. The second kappa shape index (κ2) is 8.03. The van der Waals surface area contributed by atoms with E-state index in [0.29, 0.717) is 31.7 Å². The summed E-state index contributed by atoms with van der Waals surface area (Å²) in [6.45, 7) is 2.71. The number of nitrogens with zero attached hydrogens (tertiary/aromatic N) is 2. The van der Waals surface area contributed by atoms with Gasteiger partial charge in [0, 0.05) is 37.8 Å². The average molecular weight is 395 g/mol. The molecule has 1 heterocycles. The van der Waals surface area contributed by atoms with Gasteiger partial charge in [-0.05, 0) is 25.5 Å². The molecule has 1 atom stereocenters. The fourth-order valence-corrected chi connectivity index (χ4v) is 2.96. The zero-order chi connectivity index (χ0) is 19.5. The minimum absolute atomic E-state index is 0.0306. The van der Waals surface area contributed by atoms with E-state index in [1.807, 2.05) is 0 Å². The number of hydrogen-bond donors (Lipinski definition) is 1. The molecule has 1 saturated heterocycles. The van der Waals surface area contributed by atoms with E-state index in [9.17, 15) is 22.8 Å². The van der Waals surface area contributed by atoms with Crippen molar-refractivity contribution in [1.29, 1.82) is 0 Å². The third kappa shape index (κ3) is 5.17. The van der Waals surface area contributed by atoms with Gasteiger partial charge in [0.05, 0.1) is 5.02 Å². The quantitative estimate of drug-likeness (QED) is 0.802. The summed E-state index contributed by atoms with van der Waals surface area (Å²) in [5, 5.41) is 8.48. The van der Waals surface area contributed by atoms with Crippen LogP contribution >= 0.6 is 11.6 Å². The second-order valence-corrected chi connectivity index (χ2v) is 6.26. The first kappa shape index (κ1) is 20.2. The number of aliphatic carboxylic acids is 1. The highest BCUT2D eigenvalue weighted by Gasteiger charge is 2.34. The molecule has 144 valence electrons. The molecule has 0 spiro atoms. The van der Waals surface area contributed by atoms with Crippen molar-refractivity contribution in [2.45, 2.75) is 32.2 Å². The van der Waals surface area contributed by atoms with E-state index >= 15 is 0 Å². The highest BCUT2D eigenvalue weighted by atomic mass is 35.5. The van der Waals surface area contributed by atoms with Gasteiger partial charge in [-0.25, -0.2) is 0 Å². The molecule has 1 aromatic carbocycles. The van der Waals surface area contributed by atoms with E-state index in [4.69, 9.17) is 16.7 Å². The van der Waals surface area contributed by atoms with E-state index in [0.717, 1.165) is 6.07 Å². The maximum atomic E-state index is 12.5. The molecule has 0 aliphatic carbocycles. The Bertz CT molecular complexity index is 684. The summed E-state index contributed by atoms with van der Waals surface area (Å²) in [7, 11) is 0. The maximum Gasteiger partial charge on any atom is 0.573 e. The van der Waals surface area contributed by atoms with Gasteiger partial charge in [-0.2, -0.15) is 0 Å². The Hall–Kier alpha value is -2.16. The van der Waals surface area contributed by atoms with Gasteiger partial charge in [0.2, 0.25) is 5.91 Å². The molecular formula is C16H18ClF3N2O4. The largest absolute Gasteiger partial charge is 0.573 e. The number of carboxylic acids is 1. The standard InChI is InChI=1S/C16H18ClF3N2O4/c1-10-15(25)21(6-2-3-14(23)24)7-8-22(10)11-4-5-12(17)13(9-11)26-16(18,19)20/h4-5,9-10H,2-3,6-8H2,1H3,(H,23,24). The van der Waals surface area contributed by atoms with Gasteiger partial charge in [-0.15, -0.1) is 13.2 Å². The van der Waals surface area contributed by atoms with E-state index in [2.05, 4.69) is 4.74 Å². The lowest BCUT2D eigenvalue weighted by molar-refractivity contribution is -0.274. The Morgan fingerprint density at radius 2 is 2.08 bits per heavy atom. The van der Waals surface area contributed by atoms with E-state index in [-0.39, 0.29) is 17.4 Å². The summed E-state index contributed by atoms with van der Waals surface area (Å²) in [6, 6.07) is 3.36. The van der Waals surface area contributed by atoms with Crippen LogP contribution in [0.1, 0.15) is 19.8 Å². The maximum absolute atomic E-state index is 12.5. The molecule has 1 unspecified atom stereocenters. The van der Waals surface area contributed by atoms with Crippen LogP contribution in [0.4, 0.5) is 18.9 Å². The van der Waals surface area contributed by atoms with E-state index < -0.39 is 24.1 Å². The molecule has 1 N–H and O–H groups in total. The number of carbonyl (C=O) groups is 2. The molecule has 0 radical (unpaired) electrons. The van der Waals surface area contributed by atoms with Crippen LogP contribution in [-0.2, 0) is 9.59 Å². The third-order valence-electron chi connectivity index (χ3n) is 4.04. The molecule has 1 aromatic rings.